The van der Waals surface area contributed by atoms with Crippen molar-refractivity contribution in [1.29, 1.82) is 0 Å². The summed E-state index contributed by atoms with van der Waals surface area (Å²) in [6.45, 7) is 1.76. The van der Waals surface area contributed by atoms with Crippen molar-refractivity contribution in [2.45, 2.75) is 6.92 Å². The molecule has 2 aromatic rings. The number of nitrogen functional groups attached to an aromatic ring is 1. The monoisotopic (exact) mass is 284 g/mol. The highest BCUT2D eigenvalue weighted by molar-refractivity contribution is 6.39. The highest BCUT2D eigenvalue weighted by Gasteiger charge is 2.12. The van der Waals surface area contributed by atoms with Crippen LogP contribution in [0.4, 0.5) is 11.4 Å². The fourth-order valence-electron chi connectivity index (χ4n) is 1.41. The molecule has 1 amide bonds. The highest BCUT2D eigenvalue weighted by atomic mass is 35.5. The summed E-state index contributed by atoms with van der Waals surface area (Å²) >= 11 is 11.7. The molecule has 0 radical (unpaired) electrons. The zero-order valence-corrected chi connectivity index (χ0v) is 11.0. The number of furan rings is 1. The average Bonchev–Trinajstić information content (AvgIpc) is 2.72. The molecule has 1 aromatic heterocycles. The largest absolute Gasteiger partial charge is 0.456 e. The number of rotatable bonds is 2. The molecule has 1 aromatic carbocycles. The first-order valence-electron chi connectivity index (χ1n) is 5.09. The first-order chi connectivity index (χ1) is 8.47. The number of carbonyl (C=O) groups excluding carboxylic acids is 1. The number of aryl methyl sites for hydroxylation is 1. The van der Waals surface area contributed by atoms with Crippen LogP contribution in [0.3, 0.4) is 0 Å². The molecular weight excluding hydrogens is 275 g/mol. The van der Waals surface area contributed by atoms with Crippen LogP contribution >= 0.6 is 23.2 Å². The zero-order chi connectivity index (χ0) is 13.3. The van der Waals surface area contributed by atoms with Crippen molar-refractivity contribution >= 4 is 40.5 Å². The first kappa shape index (κ1) is 12.8. The molecule has 1 heterocycles. The molecule has 18 heavy (non-hydrogen) atoms. The SMILES string of the molecule is Cc1ccc(C(=O)Nc2cc(Cl)c(N)c(Cl)c2)o1. The number of nitrogens with two attached hydrogens (primary N) is 1. The number of halogens is 2. The van der Waals surface area contributed by atoms with E-state index in [4.69, 9.17) is 33.4 Å². The Labute approximate surface area is 114 Å². The van der Waals surface area contributed by atoms with Crippen molar-refractivity contribution in [2.24, 2.45) is 0 Å². The molecule has 2 rings (SSSR count). The van der Waals surface area contributed by atoms with Crippen LogP contribution in [-0.2, 0) is 0 Å². The van der Waals surface area contributed by atoms with Crippen molar-refractivity contribution in [1.82, 2.24) is 0 Å². The summed E-state index contributed by atoms with van der Waals surface area (Å²) in [6, 6.07) is 6.34. The third-order valence-corrected chi connectivity index (χ3v) is 2.93. The standard InChI is InChI=1S/C12H10Cl2N2O2/c1-6-2-3-10(18-6)12(17)16-7-4-8(13)11(15)9(14)5-7/h2-5H,15H2,1H3,(H,16,17). The van der Waals surface area contributed by atoms with Gasteiger partial charge >= 0.3 is 0 Å². The summed E-state index contributed by atoms with van der Waals surface area (Å²) in [5.41, 5.74) is 6.34. The van der Waals surface area contributed by atoms with Crippen LogP contribution in [0.5, 0.6) is 0 Å². The maximum Gasteiger partial charge on any atom is 0.291 e. The van der Waals surface area contributed by atoms with Gasteiger partial charge in [-0.3, -0.25) is 4.79 Å². The van der Waals surface area contributed by atoms with E-state index in [1.165, 1.54) is 12.1 Å². The lowest BCUT2D eigenvalue weighted by atomic mass is 10.2. The van der Waals surface area contributed by atoms with E-state index in [0.717, 1.165) is 0 Å². The van der Waals surface area contributed by atoms with Crippen LogP contribution in [0, 0.1) is 6.92 Å². The molecule has 4 nitrogen and oxygen atoms in total. The van der Waals surface area contributed by atoms with Gasteiger partial charge in [-0.25, -0.2) is 0 Å². The summed E-state index contributed by atoms with van der Waals surface area (Å²) in [5.74, 6) is 0.505. The Morgan fingerprint density at radius 2 is 1.89 bits per heavy atom. The van der Waals surface area contributed by atoms with Crippen LogP contribution in [0.1, 0.15) is 16.3 Å². The summed E-state index contributed by atoms with van der Waals surface area (Å²) in [5, 5.41) is 3.19. The van der Waals surface area contributed by atoms with Gasteiger partial charge < -0.3 is 15.5 Å². The summed E-state index contributed by atoms with van der Waals surface area (Å²) in [6.07, 6.45) is 0. The molecule has 6 heteroatoms. The summed E-state index contributed by atoms with van der Waals surface area (Å²) in [7, 11) is 0. The molecule has 0 atom stereocenters. The van der Waals surface area contributed by atoms with E-state index in [1.807, 2.05) is 0 Å². The maximum absolute atomic E-state index is 11.8. The quantitative estimate of drug-likeness (QED) is 0.826. The van der Waals surface area contributed by atoms with Gasteiger partial charge in [0.2, 0.25) is 0 Å². The third-order valence-electron chi connectivity index (χ3n) is 2.30. The first-order valence-corrected chi connectivity index (χ1v) is 5.85. The van der Waals surface area contributed by atoms with E-state index in [9.17, 15) is 4.79 Å². The van der Waals surface area contributed by atoms with Crippen LogP contribution in [0.2, 0.25) is 10.0 Å². The van der Waals surface area contributed by atoms with Crippen LogP contribution in [0.15, 0.2) is 28.7 Å². The number of carbonyl (C=O) groups is 1. The fourth-order valence-corrected chi connectivity index (χ4v) is 1.89. The minimum Gasteiger partial charge on any atom is -0.456 e. The van der Waals surface area contributed by atoms with Gasteiger partial charge in [0.05, 0.1) is 15.7 Å². The Hall–Kier alpha value is -1.65. The lowest BCUT2D eigenvalue weighted by Crippen LogP contribution is -2.11. The molecule has 0 aliphatic heterocycles. The highest BCUT2D eigenvalue weighted by Crippen LogP contribution is 2.31. The van der Waals surface area contributed by atoms with Crippen molar-refractivity contribution in [3.05, 3.63) is 45.8 Å². The Morgan fingerprint density at radius 3 is 2.39 bits per heavy atom. The summed E-state index contributed by atoms with van der Waals surface area (Å²) in [4.78, 5) is 11.8. The molecule has 3 N–H and O–H groups in total. The smallest absolute Gasteiger partial charge is 0.291 e. The Morgan fingerprint density at radius 1 is 1.28 bits per heavy atom. The Bertz CT molecular complexity index is 585. The molecule has 0 aliphatic rings. The minimum absolute atomic E-state index is 0.219. The maximum atomic E-state index is 11.8. The van der Waals surface area contributed by atoms with Gasteiger partial charge in [0.25, 0.3) is 5.91 Å². The number of amides is 1. The average molecular weight is 285 g/mol. The van der Waals surface area contributed by atoms with Gasteiger partial charge in [0.15, 0.2) is 5.76 Å². The second-order valence-electron chi connectivity index (χ2n) is 3.72. The third kappa shape index (κ3) is 2.60. The van der Waals surface area contributed by atoms with Crippen molar-refractivity contribution < 1.29 is 9.21 Å². The molecule has 0 unspecified atom stereocenters. The van der Waals surface area contributed by atoms with Gasteiger partial charge in [0, 0.05) is 5.69 Å². The number of hydrogen-bond acceptors (Lipinski definition) is 3. The lowest BCUT2D eigenvalue weighted by Gasteiger charge is -2.07. The number of hydrogen-bond donors (Lipinski definition) is 2. The van der Waals surface area contributed by atoms with E-state index < -0.39 is 0 Å². The van der Waals surface area contributed by atoms with Crippen molar-refractivity contribution in [3.63, 3.8) is 0 Å². The predicted molar refractivity (Wildman–Crippen MR) is 72.3 cm³/mol. The normalized spacial score (nSPS) is 10.4. The van der Waals surface area contributed by atoms with Crippen LogP contribution in [0.25, 0.3) is 0 Å². The number of anilines is 2. The lowest BCUT2D eigenvalue weighted by molar-refractivity contribution is 0.0995. The molecule has 0 fully saturated rings. The second kappa shape index (κ2) is 4.92. The second-order valence-corrected chi connectivity index (χ2v) is 4.53. The molecule has 0 saturated carbocycles. The molecule has 94 valence electrons. The van der Waals surface area contributed by atoms with Gasteiger partial charge in [-0.15, -0.1) is 0 Å². The van der Waals surface area contributed by atoms with Crippen LogP contribution < -0.4 is 11.1 Å². The fraction of sp³-hybridized carbons (Fsp3) is 0.0833. The molecule has 0 bridgehead atoms. The van der Waals surface area contributed by atoms with Gasteiger partial charge in [-0.1, -0.05) is 23.2 Å². The molecular formula is C12H10Cl2N2O2. The van der Waals surface area contributed by atoms with E-state index in [2.05, 4.69) is 5.32 Å². The molecule has 0 saturated heterocycles. The van der Waals surface area contributed by atoms with E-state index in [1.54, 1.807) is 19.1 Å². The molecule has 0 spiro atoms. The van der Waals surface area contributed by atoms with Crippen molar-refractivity contribution in [2.75, 3.05) is 11.1 Å². The Kier molecular flexibility index (Phi) is 3.50. The summed E-state index contributed by atoms with van der Waals surface area (Å²) < 4.78 is 5.20. The topological polar surface area (TPSA) is 68.3 Å². The Balaban J connectivity index is 2.22. The van der Waals surface area contributed by atoms with Gasteiger partial charge in [0.1, 0.15) is 5.76 Å². The van der Waals surface area contributed by atoms with Gasteiger partial charge in [-0.2, -0.15) is 0 Å². The van der Waals surface area contributed by atoms with Crippen molar-refractivity contribution in [3.8, 4) is 0 Å². The van der Waals surface area contributed by atoms with E-state index in [-0.39, 0.29) is 27.4 Å². The van der Waals surface area contributed by atoms with Crippen LogP contribution in [-0.4, -0.2) is 5.91 Å². The number of nitrogens with one attached hydrogen (secondary N) is 1. The minimum atomic E-state index is -0.375. The van der Waals surface area contributed by atoms with E-state index >= 15 is 0 Å². The number of benzene rings is 1. The molecule has 0 aliphatic carbocycles. The van der Waals surface area contributed by atoms with Gasteiger partial charge in [-0.05, 0) is 31.2 Å². The zero-order valence-electron chi connectivity index (χ0n) is 9.46. The predicted octanol–water partition coefficient (Wildman–Crippen LogP) is 3.73. The van der Waals surface area contributed by atoms with E-state index in [0.29, 0.717) is 11.4 Å².